The number of nitrogens with one attached hydrogen (secondary N) is 1. The van der Waals surface area contributed by atoms with Crippen molar-refractivity contribution in [2.45, 2.75) is 76.5 Å². The Balaban J connectivity index is 2.17. The van der Waals surface area contributed by atoms with Crippen LogP contribution in [0.5, 0.6) is 5.75 Å². The molecule has 0 aliphatic heterocycles. The number of aromatic hydroxyl groups is 1. The van der Waals surface area contributed by atoms with Crippen molar-refractivity contribution in [3.63, 3.8) is 0 Å². The van der Waals surface area contributed by atoms with Crippen LogP contribution in [-0.4, -0.2) is 31.6 Å². The molecule has 0 amide bonds. The normalized spacial score (nSPS) is 11.0. The molecule has 2 N–H and O–H groups in total. The van der Waals surface area contributed by atoms with Gasteiger partial charge in [0.1, 0.15) is 5.75 Å². The lowest BCUT2D eigenvalue weighted by Gasteiger charge is -2.12. The molecule has 0 bridgehead atoms. The second-order valence-electron chi connectivity index (χ2n) is 6.86. The van der Waals surface area contributed by atoms with Crippen LogP contribution >= 0.6 is 23.5 Å². The molecule has 2 rings (SSSR count). The summed E-state index contributed by atoms with van der Waals surface area (Å²) in [7, 11) is 0. The van der Waals surface area contributed by atoms with Crippen LogP contribution in [0.15, 0.2) is 22.4 Å². The van der Waals surface area contributed by atoms with Gasteiger partial charge in [0.15, 0.2) is 10.3 Å². The molecule has 2 aromatic rings. The number of hydrogen-bond donors (Lipinski definition) is 2. The van der Waals surface area contributed by atoms with Crippen molar-refractivity contribution in [3.8, 4) is 5.75 Å². The Hall–Kier alpha value is -1.47. The Kier molecular flexibility index (Phi) is 9.92. The summed E-state index contributed by atoms with van der Waals surface area (Å²) >= 11 is 3.38. The summed E-state index contributed by atoms with van der Waals surface area (Å²) in [6.07, 6.45) is 7.20. The first-order valence-corrected chi connectivity index (χ1v) is 12.1. The zero-order valence-electron chi connectivity index (χ0n) is 17.4. The van der Waals surface area contributed by atoms with Crippen molar-refractivity contribution in [2.24, 2.45) is 0 Å². The molecule has 1 aromatic heterocycles. The maximum absolute atomic E-state index is 10.2. The monoisotopic (exact) mass is 420 g/mol. The van der Waals surface area contributed by atoms with Crippen molar-refractivity contribution >= 4 is 35.2 Å². The van der Waals surface area contributed by atoms with Gasteiger partial charge in [-0.15, -0.1) is 0 Å². The molecule has 5 nitrogen and oxygen atoms in total. The number of unbranched alkanes of at least 4 members (excludes halogenated alkanes) is 4. The van der Waals surface area contributed by atoms with Crippen LogP contribution in [0.3, 0.4) is 0 Å². The van der Waals surface area contributed by atoms with Crippen molar-refractivity contribution in [1.29, 1.82) is 0 Å². The van der Waals surface area contributed by atoms with Gasteiger partial charge in [-0.2, -0.15) is 15.0 Å². The lowest BCUT2D eigenvalue weighted by molar-refractivity contribution is 0.467. The Morgan fingerprint density at radius 3 is 1.96 bits per heavy atom. The molecule has 28 heavy (non-hydrogen) atoms. The zero-order valence-corrected chi connectivity index (χ0v) is 19.0. The molecule has 7 heteroatoms. The minimum absolute atomic E-state index is 0.308. The second-order valence-corrected chi connectivity index (χ2v) is 8.99. The van der Waals surface area contributed by atoms with Gasteiger partial charge < -0.3 is 10.4 Å². The molecule has 0 aliphatic rings. The number of aryl methyl sites for hydroxylation is 1. The summed E-state index contributed by atoms with van der Waals surface area (Å²) in [5.74, 6) is 2.88. The van der Waals surface area contributed by atoms with Gasteiger partial charge in [-0.1, -0.05) is 69.1 Å². The van der Waals surface area contributed by atoms with Crippen molar-refractivity contribution in [2.75, 3.05) is 16.8 Å². The Labute approximate surface area is 177 Å². The Morgan fingerprint density at radius 1 is 0.857 bits per heavy atom. The summed E-state index contributed by atoms with van der Waals surface area (Å²) in [6, 6.07) is 3.85. The second kappa shape index (κ2) is 12.2. The maximum atomic E-state index is 10.2. The van der Waals surface area contributed by atoms with E-state index in [9.17, 15) is 5.11 Å². The average Bonchev–Trinajstić information content (AvgIpc) is 2.69. The van der Waals surface area contributed by atoms with E-state index in [1.54, 1.807) is 23.5 Å². The zero-order chi connectivity index (χ0) is 20.4. The molecular weight excluding hydrogens is 388 g/mol. The first-order valence-electron chi connectivity index (χ1n) is 10.1. The van der Waals surface area contributed by atoms with Gasteiger partial charge in [-0.05, 0) is 38.3 Å². The third-order valence-corrected chi connectivity index (χ3v) is 6.30. The standard InChI is InChI=1S/C21H32N4OS2/c1-5-7-9-13-27-20-23-19(24-21(25-20)28-14-10-8-6-2)22-17-12-11-15(3)18(26)16(17)4/h11-12,26H,5-10,13-14H2,1-4H3,(H,22,23,24,25). The number of phenols is 1. The van der Waals surface area contributed by atoms with Crippen LogP contribution in [0.1, 0.15) is 63.5 Å². The molecule has 154 valence electrons. The molecular formula is C21H32N4OS2. The number of benzene rings is 1. The van der Waals surface area contributed by atoms with E-state index in [-0.39, 0.29) is 0 Å². The van der Waals surface area contributed by atoms with Gasteiger partial charge in [-0.3, -0.25) is 0 Å². The van der Waals surface area contributed by atoms with Crippen LogP contribution in [-0.2, 0) is 0 Å². The predicted molar refractivity (Wildman–Crippen MR) is 121 cm³/mol. The third kappa shape index (κ3) is 7.17. The summed E-state index contributed by atoms with van der Waals surface area (Å²) < 4.78 is 0. The van der Waals surface area contributed by atoms with E-state index >= 15 is 0 Å². The van der Waals surface area contributed by atoms with Gasteiger partial charge in [0.2, 0.25) is 5.95 Å². The number of aromatic nitrogens is 3. The SMILES string of the molecule is CCCCCSc1nc(Nc2ccc(C)c(O)c2C)nc(SCCCCC)n1. The number of rotatable bonds is 12. The van der Waals surface area contributed by atoms with Crippen LogP contribution in [0.25, 0.3) is 0 Å². The number of phenolic OH excluding ortho intramolecular Hbond substituents is 1. The smallest absolute Gasteiger partial charge is 0.232 e. The molecule has 1 heterocycles. The van der Waals surface area contributed by atoms with Gasteiger partial charge >= 0.3 is 0 Å². The topological polar surface area (TPSA) is 70.9 Å². The number of hydrogen-bond acceptors (Lipinski definition) is 7. The maximum Gasteiger partial charge on any atom is 0.232 e. The molecule has 0 saturated carbocycles. The first kappa shape index (κ1) is 22.8. The fourth-order valence-electron chi connectivity index (χ4n) is 2.65. The quantitative estimate of drug-likeness (QED) is 0.300. The van der Waals surface area contributed by atoms with Gasteiger partial charge in [0.05, 0.1) is 0 Å². The van der Waals surface area contributed by atoms with E-state index in [2.05, 4.69) is 34.1 Å². The number of anilines is 2. The summed E-state index contributed by atoms with van der Waals surface area (Å²) in [4.78, 5) is 13.8. The minimum Gasteiger partial charge on any atom is -0.507 e. The van der Waals surface area contributed by atoms with E-state index in [4.69, 9.17) is 0 Å². The number of thioether (sulfide) groups is 2. The third-order valence-electron chi connectivity index (χ3n) is 4.43. The highest BCUT2D eigenvalue weighted by Crippen LogP contribution is 2.30. The molecule has 0 saturated heterocycles. The van der Waals surface area contributed by atoms with Gasteiger partial charge in [0, 0.05) is 22.8 Å². The summed E-state index contributed by atoms with van der Waals surface area (Å²) in [5.41, 5.74) is 2.48. The fraction of sp³-hybridized carbons (Fsp3) is 0.571. The molecule has 0 spiro atoms. The van der Waals surface area contributed by atoms with Crippen molar-refractivity contribution < 1.29 is 5.11 Å². The van der Waals surface area contributed by atoms with Gasteiger partial charge in [0.25, 0.3) is 0 Å². The van der Waals surface area contributed by atoms with Crippen LogP contribution in [0, 0.1) is 13.8 Å². The van der Waals surface area contributed by atoms with E-state index in [0.29, 0.717) is 11.7 Å². The lowest BCUT2D eigenvalue weighted by atomic mass is 10.1. The lowest BCUT2D eigenvalue weighted by Crippen LogP contribution is -2.04. The predicted octanol–water partition coefficient (Wildman–Crippen LogP) is 6.50. The Bertz CT molecular complexity index is 725. The molecule has 0 radical (unpaired) electrons. The first-order chi connectivity index (χ1) is 13.5. The van der Waals surface area contributed by atoms with Crippen LogP contribution in [0.4, 0.5) is 11.6 Å². The van der Waals surface area contributed by atoms with Crippen molar-refractivity contribution in [3.05, 3.63) is 23.3 Å². The molecule has 0 fully saturated rings. The van der Waals surface area contributed by atoms with Crippen LogP contribution < -0.4 is 5.32 Å². The Morgan fingerprint density at radius 2 is 1.43 bits per heavy atom. The summed E-state index contributed by atoms with van der Waals surface area (Å²) in [6.45, 7) is 8.21. The summed E-state index contributed by atoms with van der Waals surface area (Å²) in [5, 5.41) is 15.0. The van der Waals surface area contributed by atoms with E-state index in [0.717, 1.165) is 38.6 Å². The van der Waals surface area contributed by atoms with Crippen molar-refractivity contribution in [1.82, 2.24) is 15.0 Å². The van der Waals surface area contributed by atoms with Crippen LogP contribution in [0.2, 0.25) is 0 Å². The highest BCUT2D eigenvalue weighted by atomic mass is 32.2. The fourth-order valence-corrected chi connectivity index (χ4v) is 4.37. The highest BCUT2D eigenvalue weighted by molar-refractivity contribution is 7.99. The number of nitrogens with zero attached hydrogens (tertiary/aromatic N) is 3. The molecule has 1 aromatic carbocycles. The van der Waals surface area contributed by atoms with E-state index in [1.807, 2.05) is 26.0 Å². The largest absolute Gasteiger partial charge is 0.507 e. The molecule has 0 unspecified atom stereocenters. The molecule has 0 aliphatic carbocycles. The van der Waals surface area contributed by atoms with E-state index in [1.165, 1.54) is 38.5 Å². The van der Waals surface area contributed by atoms with Gasteiger partial charge in [-0.25, -0.2) is 0 Å². The molecule has 0 atom stereocenters. The average molecular weight is 421 g/mol. The minimum atomic E-state index is 0.308. The highest BCUT2D eigenvalue weighted by Gasteiger charge is 2.11. The van der Waals surface area contributed by atoms with E-state index < -0.39 is 0 Å².